The van der Waals surface area contributed by atoms with Gasteiger partial charge in [0, 0.05) is 25.9 Å². The van der Waals surface area contributed by atoms with Crippen LogP contribution in [0.15, 0.2) is 6.20 Å². The number of methoxy groups -OCH3 is 1. The molecule has 1 aromatic rings. The molecule has 1 atom stereocenters. The Hall–Kier alpha value is -0.490. The second kappa shape index (κ2) is 6.44. The van der Waals surface area contributed by atoms with Crippen molar-refractivity contribution in [3.63, 3.8) is 0 Å². The first-order valence-corrected chi connectivity index (χ1v) is 6.95. The van der Waals surface area contributed by atoms with Crippen LogP contribution in [0.25, 0.3) is 0 Å². The molecule has 1 N–H and O–H groups in total. The summed E-state index contributed by atoms with van der Waals surface area (Å²) < 4.78 is 5.11. The van der Waals surface area contributed by atoms with E-state index in [4.69, 9.17) is 4.74 Å². The zero-order valence-corrected chi connectivity index (χ0v) is 11.4. The van der Waals surface area contributed by atoms with Gasteiger partial charge in [-0.2, -0.15) is 0 Å². The number of hydrogen-bond donors (Lipinski definition) is 1. The summed E-state index contributed by atoms with van der Waals surface area (Å²) in [6.45, 7) is 3.98. The third kappa shape index (κ3) is 3.74. The molecular weight excluding hydrogens is 234 g/mol. The zero-order valence-electron chi connectivity index (χ0n) is 10.6. The number of likely N-dealkylation sites (tertiary alicyclic amines) is 1. The summed E-state index contributed by atoms with van der Waals surface area (Å²) >= 11 is 1.76. The molecule has 0 bridgehead atoms. The highest BCUT2D eigenvalue weighted by Gasteiger charge is 2.19. The lowest BCUT2D eigenvalue weighted by Gasteiger charge is -2.31. The van der Waals surface area contributed by atoms with Crippen LogP contribution < -0.4 is 5.32 Å². The maximum atomic E-state index is 5.11. The monoisotopic (exact) mass is 255 g/mol. The molecule has 1 aliphatic rings. The number of rotatable bonds is 5. The Labute approximate surface area is 107 Å². The van der Waals surface area contributed by atoms with E-state index in [1.165, 1.54) is 29.3 Å². The van der Waals surface area contributed by atoms with E-state index in [1.807, 2.05) is 13.2 Å². The third-order valence-electron chi connectivity index (χ3n) is 3.16. The largest absolute Gasteiger partial charge is 0.379 e. The van der Waals surface area contributed by atoms with Gasteiger partial charge in [0.05, 0.1) is 18.0 Å². The zero-order chi connectivity index (χ0) is 12.1. The van der Waals surface area contributed by atoms with Crippen molar-refractivity contribution in [2.75, 3.05) is 27.2 Å². The smallest absolute Gasteiger partial charge is 0.107 e. The highest BCUT2D eigenvalue weighted by atomic mass is 32.1. The molecule has 2 heterocycles. The van der Waals surface area contributed by atoms with Crippen LogP contribution in [0.5, 0.6) is 0 Å². The fourth-order valence-corrected chi connectivity index (χ4v) is 3.19. The Morgan fingerprint density at radius 1 is 1.65 bits per heavy atom. The Bertz CT molecular complexity index is 342. The molecule has 0 spiro atoms. The SMILES string of the molecule is CNC1CCCN(Cc2ncc(COC)s2)C1. The van der Waals surface area contributed by atoms with E-state index >= 15 is 0 Å². The molecule has 2 rings (SSSR count). The fourth-order valence-electron chi connectivity index (χ4n) is 2.26. The number of thiazole rings is 1. The Kier molecular flexibility index (Phi) is 4.91. The molecule has 1 saturated heterocycles. The number of ether oxygens (including phenoxy) is 1. The van der Waals surface area contributed by atoms with E-state index < -0.39 is 0 Å². The van der Waals surface area contributed by atoms with Crippen molar-refractivity contribution in [3.05, 3.63) is 16.1 Å². The Balaban J connectivity index is 1.86. The van der Waals surface area contributed by atoms with Crippen LogP contribution in [0, 0.1) is 0 Å². The van der Waals surface area contributed by atoms with Gasteiger partial charge < -0.3 is 10.1 Å². The van der Waals surface area contributed by atoms with Gasteiger partial charge in [-0.25, -0.2) is 4.98 Å². The first-order chi connectivity index (χ1) is 8.31. The average Bonchev–Trinajstić information content (AvgIpc) is 2.77. The molecule has 0 aromatic carbocycles. The molecule has 1 aliphatic heterocycles. The molecular formula is C12H21N3OS. The summed E-state index contributed by atoms with van der Waals surface area (Å²) in [4.78, 5) is 8.16. The van der Waals surface area contributed by atoms with Crippen molar-refractivity contribution >= 4 is 11.3 Å². The van der Waals surface area contributed by atoms with Gasteiger partial charge >= 0.3 is 0 Å². The highest BCUT2D eigenvalue weighted by Crippen LogP contribution is 2.18. The van der Waals surface area contributed by atoms with Gasteiger partial charge in [-0.05, 0) is 26.4 Å². The first-order valence-electron chi connectivity index (χ1n) is 6.14. The van der Waals surface area contributed by atoms with Crippen LogP contribution in [0.1, 0.15) is 22.7 Å². The lowest BCUT2D eigenvalue weighted by molar-refractivity contribution is 0.187. The van der Waals surface area contributed by atoms with Crippen LogP contribution >= 0.6 is 11.3 Å². The second-order valence-corrected chi connectivity index (χ2v) is 5.72. The summed E-state index contributed by atoms with van der Waals surface area (Å²) in [7, 11) is 3.77. The minimum atomic E-state index is 0.641. The summed E-state index contributed by atoms with van der Waals surface area (Å²) in [5.74, 6) is 0. The molecule has 5 heteroatoms. The normalized spacial score (nSPS) is 21.9. The van der Waals surface area contributed by atoms with Gasteiger partial charge in [0.1, 0.15) is 5.01 Å². The van der Waals surface area contributed by atoms with Crippen molar-refractivity contribution < 1.29 is 4.74 Å². The molecule has 1 aromatic heterocycles. The van der Waals surface area contributed by atoms with Crippen LogP contribution in [0.3, 0.4) is 0 Å². The molecule has 0 radical (unpaired) electrons. The van der Waals surface area contributed by atoms with E-state index in [2.05, 4.69) is 15.2 Å². The first kappa shape index (κ1) is 13.0. The van der Waals surface area contributed by atoms with Gasteiger partial charge in [-0.15, -0.1) is 11.3 Å². The minimum absolute atomic E-state index is 0.641. The van der Waals surface area contributed by atoms with Crippen molar-refractivity contribution in [3.8, 4) is 0 Å². The Morgan fingerprint density at radius 3 is 3.29 bits per heavy atom. The summed E-state index contributed by atoms with van der Waals surface area (Å²) in [6, 6.07) is 0.641. The number of piperidine rings is 1. The highest BCUT2D eigenvalue weighted by molar-refractivity contribution is 7.11. The van der Waals surface area contributed by atoms with Crippen LogP contribution in [0.2, 0.25) is 0 Å². The topological polar surface area (TPSA) is 37.4 Å². The second-order valence-electron chi connectivity index (χ2n) is 4.52. The molecule has 1 fully saturated rings. The molecule has 0 saturated carbocycles. The number of hydrogen-bond acceptors (Lipinski definition) is 5. The van der Waals surface area contributed by atoms with Crippen molar-refractivity contribution in [2.45, 2.75) is 32.0 Å². The van der Waals surface area contributed by atoms with Crippen molar-refractivity contribution in [1.82, 2.24) is 15.2 Å². The molecule has 96 valence electrons. The van der Waals surface area contributed by atoms with E-state index in [0.717, 1.165) is 13.1 Å². The molecule has 0 aliphatic carbocycles. The maximum absolute atomic E-state index is 5.11. The summed E-state index contributed by atoms with van der Waals surface area (Å²) in [6.07, 6.45) is 4.50. The Morgan fingerprint density at radius 2 is 2.53 bits per heavy atom. The average molecular weight is 255 g/mol. The number of aromatic nitrogens is 1. The molecule has 0 amide bonds. The van der Waals surface area contributed by atoms with E-state index in [0.29, 0.717) is 12.6 Å². The van der Waals surface area contributed by atoms with Gasteiger partial charge in [0.25, 0.3) is 0 Å². The minimum Gasteiger partial charge on any atom is -0.379 e. The number of nitrogens with one attached hydrogen (secondary N) is 1. The van der Waals surface area contributed by atoms with Crippen LogP contribution in [0.4, 0.5) is 0 Å². The quantitative estimate of drug-likeness (QED) is 0.864. The van der Waals surface area contributed by atoms with Crippen molar-refractivity contribution in [2.24, 2.45) is 0 Å². The van der Waals surface area contributed by atoms with Crippen LogP contribution in [-0.2, 0) is 17.9 Å². The summed E-state index contributed by atoms with van der Waals surface area (Å²) in [5.41, 5.74) is 0. The van der Waals surface area contributed by atoms with E-state index in [1.54, 1.807) is 18.4 Å². The van der Waals surface area contributed by atoms with Crippen LogP contribution in [-0.4, -0.2) is 43.2 Å². The third-order valence-corrected chi connectivity index (χ3v) is 4.12. The van der Waals surface area contributed by atoms with Gasteiger partial charge in [0.2, 0.25) is 0 Å². The van der Waals surface area contributed by atoms with Gasteiger partial charge in [-0.1, -0.05) is 0 Å². The molecule has 17 heavy (non-hydrogen) atoms. The predicted octanol–water partition coefficient (Wildman–Crippen LogP) is 1.47. The predicted molar refractivity (Wildman–Crippen MR) is 70.2 cm³/mol. The summed E-state index contributed by atoms with van der Waals surface area (Å²) in [5, 5.41) is 4.57. The van der Waals surface area contributed by atoms with Gasteiger partial charge in [-0.3, -0.25) is 4.90 Å². The lowest BCUT2D eigenvalue weighted by atomic mass is 10.1. The van der Waals surface area contributed by atoms with E-state index in [-0.39, 0.29) is 0 Å². The van der Waals surface area contributed by atoms with E-state index in [9.17, 15) is 0 Å². The van der Waals surface area contributed by atoms with Gasteiger partial charge in [0.15, 0.2) is 0 Å². The lowest BCUT2D eigenvalue weighted by Crippen LogP contribution is -2.43. The number of nitrogens with zero attached hydrogens (tertiary/aromatic N) is 2. The standard InChI is InChI=1S/C12H21N3OS/c1-13-10-4-3-5-15(7-10)8-12-14-6-11(17-12)9-16-2/h6,10,13H,3-5,7-9H2,1-2H3. The maximum Gasteiger partial charge on any atom is 0.107 e. The fraction of sp³-hybridized carbons (Fsp3) is 0.750. The molecule has 1 unspecified atom stereocenters. The number of likely N-dealkylation sites (N-methyl/N-ethyl adjacent to an activating group) is 1. The van der Waals surface area contributed by atoms with Crippen molar-refractivity contribution in [1.29, 1.82) is 0 Å². The molecule has 4 nitrogen and oxygen atoms in total.